The molecule has 0 aliphatic carbocycles. The van der Waals surface area contributed by atoms with Crippen molar-refractivity contribution in [1.29, 1.82) is 0 Å². The van der Waals surface area contributed by atoms with Gasteiger partial charge in [-0.1, -0.05) is 18.2 Å². The molecule has 26 heavy (non-hydrogen) atoms. The summed E-state index contributed by atoms with van der Waals surface area (Å²) in [4.78, 5) is 14.5. The lowest BCUT2D eigenvalue weighted by Gasteiger charge is -2.33. The monoisotopic (exact) mass is 376 g/mol. The Morgan fingerprint density at radius 3 is 2.42 bits per heavy atom. The zero-order chi connectivity index (χ0) is 18.7. The maximum absolute atomic E-state index is 13.1. The van der Waals surface area contributed by atoms with Crippen LogP contribution >= 0.6 is 0 Å². The van der Waals surface area contributed by atoms with Crippen molar-refractivity contribution in [3.05, 3.63) is 60.4 Å². The maximum Gasteiger partial charge on any atom is 0.243 e. The number of carbonyl (C=O) groups excluding carboxylic acids is 1. The largest absolute Gasteiger partial charge is 0.315 e. The van der Waals surface area contributed by atoms with E-state index in [0.29, 0.717) is 25.1 Å². The van der Waals surface area contributed by atoms with E-state index >= 15 is 0 Å². The van der Waals surface area contributed by atoms with Crippen molar-refractivity contribution >= 4 is 21.6 Å². The number of amides is 1. The summed E-state index contributed by atoms with van der Waals surface area (Å²) in [7, 11) is -1.99. The highest BCUT2D eigenvalue weighted by molar-refractivity contribution is 7.89. The van der Waals surface area contributed by atoms with E-state index in [1.807, 2.05) is 0 Å². The minimum absolute atomic E-state index is 0.154. The van der Waals surface area contributed by atoms with E-state index in [1.165, 1.54) is 33.5 Å². The van der Waals surface area contributed by atoms with Gasteiger partial charge in [-0.05, 0) is 49.2 Å². The van der Waals surface area contributed by atoms with Crippen molar-refractivity contribution in [3.8, 4) is 0 Å². The van der Waals surface area contributed by atoms with Gasteiger partial charge in [0.1, 0.15) is 5.82 Å². The van der Waals surface area contributed by atoms with E-state index < -0.39 is 15.9 Å². The van der Waals surface area contributed by atoms with Crippen molar-refractivity contribution in [1.82, 2.24) is 4.31 Å². The minimum Gasteiger partial charge on any atom is -0.315 e. The minimum atomic E-state index is -3.61. The summed E-state index contributed by atoms with van der Waals surface area (Å²) in [5.74, 6) is -0.950. The van der Waals surface area contributed by atoms with Crippen LogP contribution in [0.2, 0.25) is 0 Å². The fourth-order valence-electron chi connectivity index (χ4n) is 3.17. The van der Waals surface area contributed by atoms with Gasteiger partial charge in [-0.15, -0.1) is 0 Å². The molecule has 0 radical (unpaired) electrons. The Bertz CT molecular complexity index is 869. The number of rotatable bonds is 4. The third kappa shape index (κ3) is 3.78. The molecule has 1 heterocycles. The van der Waals surface area contributed by atoms with Crippen LogP contribution in [0.15, 0.2) is 59.5 Å². The van der Waals surface area contributed by atoms with Crippen LogP contribution in [0, 0.1) is 11.7 Å². The molecule has 2 aromatic carbocycles. The fourth-order valence-corrected chi connectivity index (χ4v) is 4.71. The molecule has 0 aromatic heterocycles. The summed E-state index contributed by atoms with van der Waals surface area (Å²) < 4.78 is 40.0. The molecular formula is C19H21FN2O3S. The smallest absolute Gasteiger partial charge is 0.243 e. The van der Waals surface area contributed by atoms with Gasteiger partial charge in [0.2, 0.25) is 15.9 Å². The molecular weight excluding hydrogens is 355 g/mol. The third-order valence-electron chi connectivity index (χ3n) is 4.66. The predicted molar refractivity (Wildman–Crippen MR) is 97.7 cm³/mol. The second-order valence-corrected chi connectivity index (χ2v) is 8.33. The first kappa shape index (κ1) is 18.5. The quantitative estimate of drug-likeness (QED) is 0.824. The zero-order valence-electron chi connectivity index (χ0n) is 14.5. The summed E-state index contributed by atoms with van der Waals surface area (Å²) in [6, 6.07) is 13.9. The van der Waals surface area contributed by atoms with Crippen molar-refractivity contribution in [2.45, 2.75) is 17.7 Å². The molecule has 138 valence electrons. The van der Waals surface area contributed by atoms with Crippen LogP contribution in [0.3, 0.4) is 0 Å². The van der Waals surface area contributed by atoms with Crippen LogP contribution in [0.1, 0.15) is 12.8 Å². The average molecular weight is 376 g/mol. The molecule has 7 heteroatoms. The van der Waals surface area contributed by atoms with Gasteiger partial charge in [-0.25, -0.2) is 12.8 Å². The Balaban J connectivity index is 1.75. The fraction of sp³-hybridized carbons (Fsp3) is 0.316. The van der Waals surface area contributed by atoms with Gasteiger partial charge in [0.05, 0.1) is 10.8 Å². The number of benzene rings is 2. The highest BCUT2D eigenvalue weighted by Gasteiger charge is 2.34. The van der Waals surface area contributed by atoms with E-state index in [0.717, 1.165) is 0 Å². The first-order valence-corrected chi connectivity index (χ1v) is 9.92. The molecule has 0 unspecified atom stereocenters. The SMILES string of the molecule is CN(C(=O)[C@@H]1CCCN(S(=O)(=O)c2ccccc2)C1)c1ccc(F)cc1. The van der Waals surface area contributed by atoms with E-state index in [1.54, 1.807) is 37.4 Å². The Hall–Kier alpha value is -2.25. The Morgan fingerprint density at radius 1 is 1.12 bits per heavy atom. The molecule has 3 rings (SSSR count). The van der Waals surface area contributed by atoms with E-state index in [4.69, 9.17) is 0 Å². The number of sulfonamides is 1. The molecule has 1 aliphatic heterocycles. The standard InChI is InChI=1S/C19H21FN2O3S/c1-21(17-11-9-16(20)10-12-17)19(23)15-6-5-13-22(14-15)26(24,25)18-7-3-2-4-8-18/h2-4,7-12,15H,5-6,13-14H2,1H3/t15-/m1/s1. The van der Waals surface area contributed by atoms with Gasteiger partial charge >= 0.3 is 0 Å². The van der Waals surface area contributed by atoms with Gasteiger partial charge in [-0.3, -0.25) is 4.79 Å². The summed E-state index contributed by atoms with van der Waals surface area (Å²) in [6.07, 6.45) is 1.25. The lowest BCUT2D eigenvalue weighted by Crippen LogP contribution is -2.45. The molecule has 0 saturated carbocycles. The first-order chi connectivity index (χ1) is 12.4. The van der Waals surface area contributed by atoms with Crippen LogP contribution in [-0.2, 0) is 14.8 Å². The second kappa shape index (κ2) is 7.55. The number of piperidine rings is 1. The summed E-state index contributed by atoms with van der Waals surface area (Å²) in [6.45, 7) is 0.558. The average Bonchev–Trinajstić information content (AvgIpc) is 2.68. The molecule has 1 saturated heterocycles. The normalized spacial score (nSPS) is 18.5. The van der Waals surface area contributed by atoms with Crippen molar-refractivity contribution in [2.75, 3.05) is 25.0 Å². The van der Waals surface area contributed by atoms with Crippen LogP contribution < -0.4 is 4.90 Å². The number of carbonyl (C=O) groups is 1. The summed E-state index contributed by atoms with van der Waals surface area (Å²) in [5, 5.41) is 0. The highest BCUT2D eigenvalue weighted by atomic mass is 32.2. The first-order valence-electron chi connectivity index (χ1n) is 8.48. The summed E-state index contributed by atoms with van der Waals surface area (Å²) >= 11 is 0. The second-order valence-electron chi connectivity index (χ2n) is 6.39. The van der Waals surface area contributed by atoms with Gasteiger partial charge in [0.25, 0.3) is 0 Å². The molecule has 1 amide bonds. The highest BCUT2D eigenvalue weighted by Crippen LogP contribution is 2.26. The van der Waals surface area contributed by atoms with Crippen molar-refractivity contribution < 1.29 is 17.6 Å². The van der Waals surface area contributed by atoms with Crippen LogP contribution in [0.4, 0.5) is 10.1 Å². The lowest BCUT2D eigenvalue weighted by atomic mass is 9.98. The number of hydrogen-bond acceptors (Lipinski definition) is 3. The van der Waals surface area contributed by atoms with Gasteiger partial charge in [-0.2, -0.15) is 4.31 Å². The van der Waals surface area contributed by atoms with Gasteiger partial charge in [0.15, 0.2) is 0 Å². The van der Waals surface area contributed by atoms with E-state index in [2.05, 4.69) is 0 Å². The molecule has 0 spiro atoms. The van der Waals surface area contributed by atoms with E-state index in [9.17, 15) is 17.6 Å². The summed E-state index contributed by atoms with van der Waals surface area (Å²) in [5.41, 5.74) is 0.583. The van der Waals surface area contributed by atoms with Gasteiger partial charge < -0.3 is 4.90 Å². The van der Waals surface area contributed by atoms with Crippen molar-refractivity contribution in [2.24, 2.45) is 5.92 Å². The Labute approximate surface area is 153 Å². The zero-order valence-corrected chi connectivity index (χ0v) is 15.3. The molecule has 0 bridgehead atoms. The Kier molecular flexibility index (Phi) is 5.38. The molecule has 1 aliphatic rings. The number of nitrogens with zero attached hydrogens (tertiary/aromatic N) is 2. The molecule has 5 nitrogen and oxygen atoms in total. The maximum atomic E-state index is 13.1. The van der Waals surface area contributed by atoms with Crippen LogP contribution in [0.5, 0.6) is 0 Å². The van der Waals surface area contributed by atoms with Crippen LogP contribution in [0.25, 0.3) is 0 Å². The third-order valence-corrected chi connectivity index (χ3v) is 6.54. The molecule has 1 fully saturated rings. The van der Waals surface area contributed by atoms with Gasteiger partial charge in [0, 0.05) is 25.8 Å². The number of anilines is 1. The van der Waals surface area contributed by atoms with E-state index in [-0.39, 0.29) is 23.2 Å². The molecule has 2 aromatic rings. The van der Waals surface area contributed by atoms with Crippen molar-refractivity contribution in [3.63, 3.8) is 0 Å². The Morgan fingerprint density at radius 2 is 1.77 bits per heavy atom. The number of halogens is 1. The number of hydrogen-bond donors (Lipinski definition) is 0. The molecule has 1 atom stereocenters. The topological polar surface area (TPSA) is 57.7 Å². The van der Waals surface area contributed by atoms with Crippen LogP contribution in [-0.4, -0.2) is 38.8 Å². The lowest BCUT2D eigenvalue weighted by molar-refractivity contribution is -0.123. The predicted octanol–water partition coefficient (Wildman–Crippen LogP) is 2.89. The molecule has 0 N–H and O–H groups in total.